The lowest BCUT2D eigenvalue weighted by Crippen LogP contribution is -2.46. The van der Waals surface area contributed by atoms with E-state index in [4.69, 9.17) is 18.4 Å². The molecule has 0 heterocycles. The van der Waals surface area contributed by atoms with E-state index in [-0.39, 0.29) is 5.41 Å². The fraction of sp³-hybridized carbons (Fsp3) is 0.684. The van der Waals surface area contributed by atoms with Crippen molar-refractivity contribution in [2.24, 2.45) is 23.0 Å². The van der Waals surface area contributed by atoms with Crippen LogP contribution < -0.4 is 5.73 Å². The van der Waals surface area contributed by atoms with Crippen molar-refractivity contribution in [3.8, 4) is 0 Å². The van der Waals surface area contributed by atoms with Gasteiger partial charge in [-0.05, 0) is 50.9 Å². The molecule has 116 valence electrons. The van der Waals surface area contributed by atoms with Crippen molar-refractivity contribution in [2.75, 3.05) is 0 Å². The Kier molecular flexibility index (Phi) is 4.66. The third kappa shape index (κ3) is 3.03. The van der Waals surface area contributed by atoms with Crippen molar-refractivity contribution in [3.05, 3.63) is 36.0 Å². The summed E-state index contributed by atoms with van der Waals surface area (Å²) < 4.78 is 0. The zero-order chi connectivity index (χ0) is 14.9. The van der Waals surface area contributed by atoms with Crippen molar-refractivity contribution in [1.29, 1.82) is 0 Å². The molecular weight excluding hydrogens is 274 g/mol. The van der Waals surface area contributed by atoms with Crippen molar-refractivity contribution >= 4 is 12.6 Å². The van der Waals surface area contributed by atoms with Crippen LogP contribution in [0.2, 0.25) is 0 Å². The Bertz CT molecular complexity index is 464. The maximum atomic E-state index is 6.55. The molecule has 0 bridgehead atoms. The minimum Gasteiger partial charge on any atom is -0.327 e. The summed E-state index contributed by atoms with van der Waals surface area (Å²) >= 11 is 4.84. The van der Waals surface area contributed by atoms with E-state index in [1.807, 2.05) is 0 Å². The van der Waals surface area contributed by atoms with Crippen LogP contribution in [0.1, 0.15) is 51.9 Å². The monoisotopic (exact) mass is 303 g/mol. The van der Waals surface area contributed by atoms with Gasteiger partial charge in [0.1, 0.15) is 0 Å². The highest BCUT2D eigenvalue weighted by Crippen LogP contribution is 2.46. The van der Waals surface area contributed by atoms with Crippen LogP contribution in [0.5, 0.6) is 0 Å². The first kappa shape index (κ1) is 15.4. The van der Waals surface area contributed by atoms with E-state index < -0.39 is 0 Å². The van der Waals surface area contributed by atoms with Crippen molar-refractivity contribution in [3.63, 3.8) is 0 Å². The first-order valence-electron chi connectivity index (χ1n) is 8.60. The molecule has 0 aliphatic heterocycles. The SMILES string of the molecule is CC1(C2C=CCCC2)C=C(C2C=CCCC2S)CCC1N. The number of allylic oxidation sites excluding steroid dienone is 5. The fourth-order valence-corrected chi connectivity index (χ4v) is 4.82. The minimum atomic E-state index is 0.128. The Balaban J connectivity index is 1.89. The topological polar surface area (TPSA) is 26.0 Å². The van der Waals surface area contributed by atoms with Gasteiger partial charge in [0.25, 0.3) is 0 Å². The Morgan fingerprint density at radius 1 is 1.14 bits per heavy atom. The molecule has 3 aliphatic carbocycles. The zero-order valence-electron chi connectivity index (χ0n) is 13.2. The highest BCUT2D eigenvalue weighted by atomic mass is 32.1. The Morgan fingerprint density at radius 2 is 1.95 bits per heavy atom. The Morgan fingerprint density at radius 3 is 2.67 bits per heavy atom. The van der Waals surface area contributed by atoms with Crippen LogP contribution in [0.3, 0.4) is 0 Å². The largest absolute Gasteiger partial charge is 0.327 e. The second-order valence-corrected chi connectivity index (χ2v) is 7.96. The smallest absolute Gasteiger partial charge is 0.0136 e. The third-order valence-electron chi connectivity index (χ3n) is 5.91. The van der Waals surface area contributed by atoms with Crippen LogP contribution in [0.4, 0.5) is 0 Å². The molecule has 5 unspecified atom stereocenters. The highest BCUT2D eigenvalue weighted by molar-refractivity contribution is 7.81. The maximum Gasteiger partial charge on any atom is 0.0136 e. The first-order chi connectivity index (χ1) is 10.1. The van der Waals surface area contributed by atoms with Gasteiger partial charge in [0.05, 0.1) is 0 Å². The van der Waals surface area contributed by atoms with Gasteiger partial charge in [0, 0.05) is 22.6 Å². The molecule has 0 saturated heterocycles. The van der Waals surface area contributed by atoms with Crippen LogP contribution >= 0.6 is 12.6 Å². The molecule has 0 spiro atoms. The van der Waals surface area contributed by atoms with Gasteiger partial charge in [0.15, 0.2) is 0 Å². The summed E-state index contributed by atoms with van der Waals surface area (Å²) in [5, 5.41) is 0.488. The van der Waals surface area contributed by atoms with E-state index in [1.165, 1.54) is 32.1 Å². The molecule has 0 amide bonds. The predicted molar refractivity (Wildman–Crippen MR) is 94.5 cm³/mol. The normalized spacial score (nSPS) is 43.7. The summed E-state index contributed by atoms with van der Waals surface area (Å²) in [6.45, 7) is 2.39. The second kappa shape index (κ2) is 6.34. The fourth-order valence-electron chi connectivity index (χ4n) is 4.38. The molecule has 0 aromatic carbocycles. The molecule has 21 heavy (non-hydrogen) atoms. The Hall–Kier alpha value is -0.470. The number of nitrogens with two attached hydrogens (primary N) is 1. The summed E-state index contributed by atoms with van der Waals surface area (Å²) in [7, 11) is 0. The molecule has 0 aromatic heterocycles. The summed E-state index contributed by atoms with van der Waals surface area (Å²) in [5.74, 6) is 1.14. The van der Waals surface area contributed by atoms with E-state index in [9.17, 15) is 0 Å². The average molecular weight is 304 g/mol. The number of hydrogen-bond donors (Lipinski definition) is 2. The molecule has 0 saturated carbocycles. The van der Waals surface area contributed by atoms with Crippen molar-refractivity contribution in [1.82, 2.24) is 0 Å². The molecule has 0 aromatic rings. The van der Waals surface area contributed by atoms with E-state index in [0.29, 0.717) is 23.1 Å². The van der Waals surface area contributed by atoms with Crippen LogP contribution in [-0.4, -0.2) is 11.3 Å². The van der Waals surface area contributed by atoms with Crippen LogP contribution in [0.25, 0.3) is 0 Å². The maximum absolute atomic E-state index is 6.55. The quantitative estimate of drug-likeness (QED) is 0.563. The number of thiol groups is 1. The Labute approximate surface area is 135 Å². The van der Waals surface area contributed by atoms with Crippen LogP contribution in [0.15, 0.2) is 36.0 Å². The summed E-state index contributed by atoms with van der Waals surface area (Å²) in [4.78, 5) is 0. The lowest BCUT2D eigenvalue weighted by atomic mass is 9.62. The summed E-state index contributed by atoms with van der Waals surface area (Å²) in [6.07, 6.45) is 20.6. The van der Waals surface area contributed by atoms with Crippen LogP contribution in [0, 0.1) is 17.3 Å². The van der Waals surface area contributed by atoms with E-state index in [0.717, 1.165) is 12.8 Å². The first-order valence-corrected chi connectivity index (χ1v) is 9.11. The van der Waals surface area contributed by atoms with Crippen molar-refractivity contribution in [2.45, 2.75) is 63.2 Å². The van der Waals surface area contributed by atoms with Crippen molar-refractivity contribution < 1.29 is 0 Å². The van der Waals surface area contributed by atoms with Gasteiger partial charge < -0.3 is 5.73 Å². The predicted octanol–water partition coefficient (Wildman–Crippen LogP) is 4.66. The third-order valence-corrected chi connectivity index (χ3v) is 6.49. The highest BCUT2D eigenvalue weighted by Gasteiger charge is 2.40. The van der Waals surface area contributed by atoms with Gasteiger partial charge in [0.2, 0.25) is 0 Å². The molecule has 0 fully saturated rings. The number of hydrogen-bond acceptors (Lipinski definition) is 2. The van der Waals surface area contributed by atoms with Gasteiger partial charge in [-0.2, -0.15) is 12.6 Å². The second-order valence-electron chi connectivity index (χ2n) is 7.29. The lowest BCUT2D eigenvalue weighted by Gasteiger charge is -2.45. The summed E-state index contributed by atoms with van der Waals surface area (Å²) in [6, 6.07) is 0.292. The van der Waals surface area contributed by atoms with Gasteiger partial charge in [-0.15, -0.1) is 0 Å². The molecule has 2 heteroatoms. The molecule has 3 rings (SSSR count). The average Bonchev–Trinajstić information content (AvgIpc) is 2.52. The minimum absolute atomic E-state index is 0.128. The molecule has 1 nitrogen and oxygen atoms in total. The zero-order valence-corrected chi connectivity index (χ0v) is 14.1. The van der Waals surface area contributed by atoms with Gasteiger partial charge >= 0.3 is 0 Å². The van der Waals surface area contributed by atoms with Gasteiger partial charge in [-0.25, -0.2) is 0 Å². The van der Waals surface area contributed by atoms with E-state index >= 15 is 0 Å². The summed E-state index contributed by atoms with van der Waals surface area (Å²) in [5.41, 5.74) is 8.27. The van der Waals surface area contributed by atoms with E-state index in [2.05, 4.69) is 37.3 Å². The van der Waals surface area contributed by atoms with Crippen LogP contribution in [-0.2, 0) is 0 Å². The van der Waals surface area contributed by atoms with Gasteiger partial charge in [-0.3, -0.25) is 0 Å². The number of rotatable bonds is 2. The van der Waals surface area contributed by atoms with Gasteiger partial charge in [-0.1, -0.05) is 42.9 Å². The molecule has 3 aliphatic rings. The lowest BCUT2D eigenvalue weighted by molar-refractivity contribution is 0.203. The molecule has 5 atom stereocenters. The molecular formula is C19H29NS. The molecule has 2 N–H and O–H groups in total. The van der Waals surface area contributed by atoms with E-state index in [1.54, 1.807) is 5.57 Å². The standard InChI is InChI=1S/C19H29NS/c1-19(15-7-3-2-4-8-15)13-14(11-12-18(19)20)16-9-5-6-10-17(16)21/h3,5,7,9,13,15-18,21H,2,4,6,8,10-12,20H2,1H3. The molecule has 0 radical (unpaired) electrons.